The second-order valence-electron chi connectivity index (χ2n) is 2.52. The van der Waals surface area contributed by atoms with Gasteiger partial charge in [-0.05, 0) is 12.1 Å². The molecule has 4 heteroatoms. The van der Waals surface area contributed by atoms with Crippen molar-refractivity contribution in [3.63, 3.8) is 0 Å². The predicted molar refractivity (Wildman–Crippen MR) is 58.8 cm³/mol. The van der Waals surface area contributed by atoms with E-state index in [0.29, 0.717) is 18.1 Å². The van der Waals surface area contributed by atoms with Gasteiger partial charge in [0.1, 0.15) is 0 Å². The van der Waals surface area contributed by atoms with Gasteiger partial charge in [0.25, 0.3) is 0 Å². The Labute approximate surface area is 87.3 Å². The fraction of sp³-hybridized carbons (Fsp3) is 0.300. The molecule has 0 fully saturated rings. The fourth-order valence-electron chi connectivity index (χ4n) is 0.888. The molecule has 0 unspecified atom stereocenters. The molecular weight excluding hydrogens is 199 g/mol. The van der Waals surface area contributed by atoms with Gasteiger partial charge in [-0.2, -0.15) is 0 Å². The van der Waals surface area contributed by atoms with Crippen molar-refractivity contribution in [1.82, 2.24) is 4.98 Å². The van der Waals surface area contributed by atoms with Gasteiger partial charge in [0.15, 0.2) is 11.6 Å². The lowest BCUT2D eigenvalue weighted by molar-refractivity contribution is 0.625. The molecule has 0 amide bonds. The smallest absolute Gasteiger partial charge is 0.165 e. The van der Waals surface area contributed by atoms with Crippen LogP contribution >= 0.6 is 11.8 Å². The zero-order chi connectivity index (χ0) is 10.2. The molecule has 1 aromatic rings. The molecule has 2 nitrogen and oxygen atoms in total. The lowest BCUT2D eigenvalue weighted by Gasteiger charge is -2.04. The molecule has 14 heavy (non-hydrogen) atoms. The van der Waals surface area contributed by atoms with Crippen LogP contribution in [0.15, 0.2) is 18.3 Å². The number of hydrogen-bond donors (Lipinski definition) is 1. The molecule has 1 rings (SSSR count). The monoisotopic (exact) mass is 210 g/mol. The molecule has 0 aliphatic carbocycles. The lowest BCUT2D eigenvalue weighted by Crippen LogP contribution is -2.07. The van der Waals surface area contributed by atoms with E-state index in [2.05, 4.69) is 16.2 Å². The van der Waals surface area contributed by atoms with Gasteiger partial charge in [-0.1, -0.05) is 5.92 Å². The summed E-state index contributed by atoms with van der Waals surface area (Å²) in [5.74, 6) is 4.03. The first-order valence-corrected chi connectivity index (χ1v) is 5.35. The van der Waals surface area contributed by atoms with E-state index in [1.807, 2.05) is 0 Å². The molecular formula is C10H11FN2S. The van der Waals surface area contributed by atoms with Gasteiger partial charge in [-0.25, -0.2) is 9.37 Å². The summed E-state index contributed by atoms with van der Waals surface area (Å²) in [4.78, 5) is 3.86. The summed E-state index contributed by atoms with van der Waals surface area (Å²) in [6.07, 6.45) is 6.64. The number of rotatable bonds is 5. The van der Waals surface area contributed by atoms with Gasteiger partial charge in [0.2, 0.25) is 0 Å². The highest BCUT2D eigenvalue weighted by Crippen LogP contribution is 2.08. The first-order valence-electron chi connectivity index (χ1n) is 4.20. The first kappa shape index (κ1) is 10.9. The number of nitrogens with one attached hydrogen (secondary N) is 1. The third-order valence-corrected chi connectivity index (χ3v) is 2.35. The summed E-state index contributed by atoms with van der Waals surface area (Å²) in [5, 5.41) is 2.90. The Morgan fingerprint density at radius 3 is 3.21 bits per heavy atom. The normalized spacial score (nSPS) is 9.43. The van der Waals surface area contributed by atoms with Crippen LogP contribution in [0.5, 0.6) is 0 Å². The maximum Gasteiger partial charge on any atom is 0.165 e. The topological polar surface area (TPSA) is 24.9 Å². The summed E-state index contributed by atoms with van der Waals surface area (Å²) in [6, 6.07) is 2.94. The summed E-state index contributed by atoms with van der Waals surface area (Å²) in [6.45, 7) is 0.667. The second-order valence-corrected chi connectivity index (χ2v) is 3.62. The Morgan fingerprint density at radius 2 is 2.50 bits per heavy atom. The van der Waals surface area contributed by atoms with Crippen LogP contribution in [0.25, 0.3) is 0 Å². The molecule has 0 aromatic carbocycles. The quantitative estimate of drug-likeness (QED) is 0.594. The third kappa shape index (κ3) is 3.67. The number of hydrogen-bond acceptors (Lipinski definition) is 3. The van der Waals surface area contributed by atoms with Gasteiger partial charge in [0.05, 0.1) is 5.75 Å². The van der Waals surface area contributed by atoms with Crippen molar-refractivity contribution >= 4 is 17.6 Å². The van der Waals surface area contributed by atoms with E-state index in [0.717, 1.165) is 5.75 Å². The number of nitrogens with zero attached hydrogens (tertiary/aromatic N) is 1. The van der Waals surface area contributed by atoms with Crippen LogP contribution in [0.4, 0.5) is 10.2 Å². The summed E-state index contributed by atoms with van der Waals surface area (Å²) in [7, 11) is 0. The average molecular weight is 210 g/mol. The van der Waals surface area contributed by atoms with Crippen molar-refractivity contribution in [2.45, 2.75) is 0 Å². The van der Waals surface area contributed by atoms with E-state index >= 15 is 0 Å². The number of halogens is 1. The maximum absolute atomic E-state index is 13.0. The Bertz CT molecular complexity index is 322. The van der Waals surface area contributed by atoms with E-state index in [-0.39, 0.29) is 5.82 Å². The highest BCUT2D eigenvalue weighted by atomic mass is 32.2. The second kappa shape index (κ2) is 6.28. The van der Waals surface area contributed by atoms with E-state index in [9.17, 15) is 4.39 Å². The maximum atomic E-state index is 13.0. The molecule has 1 heterocycles. The van der Waals surface area contributed by atoms with Crippen molar-refractivity contribution in [2.75, 3.05) is 23.4 Å². The van der Waals surface area contributed by atoms with Gasteiger partial charge in [0, 0.05) is 18.5 Å². The molecule has 0 saturated carbocycles. The van der Waals surface area contributed by atoms with Gasteiger partial charge in [-0.3, -0.25) is 0 Å². The summed E-state index contributed by atoms with van der Waals surface area (Å²) >= 11 is 1.63. The minimum Gasteiger partial charge on any atom is -0.367 e. The standard InChI is InChI=1S/C10H11FN2S/c1-2-7-14-8-6-13-10-9(11)4-3-5-12-10/h1,3-5H,6-8H2,(H,12,13). The van der Waals surface area contributed by atoms with E-state index in [1.165, 1.54) is 6.07 Å². The molecule has 0 aliphatic heterocycles. The van der Waals surface area contributed by atoms with Crippen LogP contribution in [-0.2, 0) is 0 Å². The minimum atomic E-state index is -0.325. The van der Waals surface area contributed by atoms with Crippen LogP contribution < -0.4 is 5.32 Å². The highest BCUT2D eigenvalue weighted by Gasteiger charge is 1.99. The first-order chi connectivity index (χ1) is 6.84. The number of terminal acetylenes is 1. The summed E-state index contributed by atoms with van der Waals surface area (Å²) < 4.78 is 13.0. The molecule has 0 spiro atoms. The fourth-order valence-corrected chi connectivity index (χ4v) is 1.40. The minimum absolute atomic E-state index is 0.300. The number of aromatic nitrogens is 1. The Hall–Kier alpha value is -1.21. The van der Waals surface area contributed by atoms with Crippen LogP contribution in [0.1, 0.15) is 0 Å². The molecule has 0 aliphatic rings. The van der Waals surface area contributed by atoms with Crippen molar-refractivity contribution in [3.05, 3.63) is 24.1 Å². The van der Waals surface area contributed by atoms with E-state index < -0.39 is 0 Å². The van der Waals surface area contributed by atoms with Crippen molar-refractivity contribution in [2.24, 2.45) is 0 Å². The number of anilines is 1. The molecule has 1 aromatic heterocycles. The molecule has 74 valence electrons. The average Bonchev–Trinajstić information content (AvgIpc) is 2.20. The SMILES string of the molecule is C#CCSCCNc1ncccc1F. The van der Waals surface area contributed by atoms with Gasteiger partial charge < -0.3 is 5.32 Å². The van der Waals surface area contributed by atoms with Crippen LogP contribution in [-0.4, -0.2) is 23.0 Å². The highest BCUT2D eigenvalue weighted by molar-refractivity contribution is 7.99. The molecule has 1 N–H and O–H groups in total. The van der Waals surface area contributed by atoms with Crippen LogP contribution in [0, 0.1) is 18.2 Å². The van der Waals surface area contributed by atoms with E-state index in [1.54, 1.807) is 24.0 Å². The van der Waals surface area contributed by atoms with Crippen molar-refractivity contribution in [1.29, 1.82) is 0 Å². The predicted octanol–water partition coefficient (Wildman–Crippen LogP) is 2.00. The zero-order valence-corrected chi connectivity index (χ0v) is 8.48. The Kier molecular flexibility index (Phi) is 4.87. The Morgan fingerprint density at radius 1 is 1.64 bits per heavy atom. The molecule has 0 saturated heterocycles. The molecule has 0 radical (unpaired) electrons. The van der Waals surface area contributed by atoms with Gasteiger partial charge in [-0.15, -0.1) is 18.2 Å². The van der Waals surface area contributed by atoms with Crippen LogP contribution in [0.2, 0.25) is 0 Å². The van der Waals surface area contributed by atoms with Gasteiger partial charge >= 0.3 is 0 Å². The summed E-state index contributed by atoms with van der Waals surface area (Å²) in [5.41, 5.74) is 0. The lowest BCUT2D eigenvalue weighted by atomic mass is 10.4. The molecule has 0 bridgehead atoms. The number of pyridine rings is 1. The van der Waals surface area contributed by atoms with Crippen molar-refractivity contribution in [3.8, 4) is 12.3 Å². The van der Waals surface area contributed by atoms with Crippen LogP contribution in [0.3, 0.4) is 0 Å². The zero-order valence-electron chi connectivity index (χ0n) is 7.66. The number of thioether (sulfide) groups is 1. The largest absolute Gasteiger partial charge is 0.367 e. The van der Waals surface area contributed by atoms with Crippen molar-refractivity contribution < 1.29 is 4.39 Å². The van der Waals surface area contributed by atoms with E-state index in [4.69, 9.17) is 6.42 Å². The third-order valence-electron chi connectivity index (χ3n) is 1.48. The molecule has 0 atom stereocenters. The Balaban J connectivity index is 2.25.